The highest BCUT2D eigenvalue weighted by molar-refractivity contribution is 5.87. The summed E-state index contributed by atoms with van der Waals surface area (Å²) in [4.78, 5) is 25.4. The third-order valence-electron chi connectivity index (χ3n) is 3.49. The number of carboxylic acid groups (broad SMARTS) is 1. The van der Waals surface area contributed by atoms with Gasteiger partial charge in [-0.2, -0.15) is 0 Å². The molecule has 102 valence electrons. The molecule has 1 aromatic rings. The second kappa shape index (κ2) is 5.84. The number of nitrogens with zero attached hydrogens (tertiary/aromatic N) is 1. The number of carbonyl (C=O) groups excluding carboxylic acids is 1. The molecule has 0 aromatic heterocycles. The Bertz CT molecular complexity index is 461. The summed E-state index contributed by atoms with van der Waals surface area (Å²) in [5.74, 6) is -1.25. The number of likely N-dealkylation sites (tertiary alicyclic amines) is 1. The molecule has 1 fully saturated rings. The number of hydrogen-bond donors (Lipinski definition) is 2. The summed E-state index contributed by atoms with van der Waals surface area (Å²) in [7, 11) is 1.88. The Labute approximate surface area is 112 Å². The monoisotopic (exact) mass is 262 g/mol. The average Bonchev–Trinajstić information content (AvgIpc) is 2.82. The van der Waals surface area contributed by atoms with Crippen LogP contribution in [0.4, 0.5) is 0 Å². The van der Waals surface area contributed by atoms with Gasteiger partial charge in [-0.3, -0.25) is 9.69 Å². The molecule has 2 rings (SSSR count). The highest BCUT2D eigenvalue weighted by Crippen LogP contribution is 2.18. The van der Waals surface area contributed by atoms with Gasteiger partial charge in [0.1, 0.15) is 0 Å². The first-order chi connectivity index (χ1) is 9.09. The van der Waals surface area contributed by atoms with E-state index < -0.39 is 12.0 Å². The van der Waals surface area contributed by atoms with Crippen LogP contribution in [0.2, 0.25) is 0 Å². The van der Waals surface area contributed by atoms with Gasteiger partial charge in [-0.05, 0) is 32.0 Å². The molecule has 1 amide bonds. The molecule has 1 aromatic carbocycles. The van der Waals surface area contributed by atoms with E-state index in [0.29, 0.717) is 5.56 Å². The summed E-state index contributed by atoms with van der Waals surface area (Å²) < 4.78 is 0. The van der Waals surface area contributed by atoms with Gasteiger partial charge in [-0.15, -0.1) is 0 Å². The zero-order valence-electron chi connectivity index (χ0n) is 10.9. The smallest absolute Gasteiger partial charge is 0.330 e. The molecule has 5 nitrogen and oxygen atoms in total. The quantitative estimate of drug-likeness (QED) is 0.850. The van der Waals surface area contributed by atoms with E-state index in [1.807, 2.05) is 18.0 Å². The molecular weight excluding hydrogens is 244 g/mol. The number of likely N-dealkylation sites (N-methyl/N-ethyl adjacent to an activating group) is 1. The molecule has 5 heteroatoms. The minimum Gasteiger partial charge on any atom is -0.479 e. The van der Waals surface area contributed by atoms with E-state index in [1.54, 1.807) is 24.3 Å². The van der Waals surface area contributed by atoms with Crippen molar-refractivity contribution in [1.82, 2.24) is 10.2 Å². The van der Waals surface area contributed by atoms with Crippen LogP contribution >= 0.6 is 0 Å². The Balaban J connectivity index is 2.09. The van der Waals surface area contributed by atoms with Crippen LogP contribution in [-0.4, -0.2) is 41.5 Å². The minimum atomic E-state index is -1.04. The first kappa shape index (κ1) is 13.5. The number of carbonyl (C=O) groups is 2. The van der Waals surface area contributed by atoms with E-state index in [9.17, 15) is 14.7 Å². The summed E-state index contributed by atoms with van der Waals surface area (Å²) in [5.41, 5.74) is 0.587. The molecule has 1 heterocycles. The van der Waals surface area contributed by atoms with Gasteiger partial charge in [0.2, 0.25) is 5.91 Å². The fourth-order valence-corrected chi connectivity index (χ4v) is 2.41. The molecule has 2 atom stereocenters. The Morgan fingerprint density at radius 3 is 2.58 bits per heavy atom. The zero-order chi connectivity index (χ0) is 13.8. The van der Waals surface area contributed by atoms with E-state index in [4.69, 9.17) is 0 Å². The molecule has 0 aliphatic carbocycles. The highest BCUT2D eigenvalue weighted by Gasteiger charge is 2.31. The summed E-state index contributed by atoms with van der Waals surface area (Å²) >= 11 is 0. The maximum atomic E-state index is 12.1. The van der Waals surface area contributed by atoms with E-state index in [1.165, 1.54) is 0 Å². The number of carboxylic acids is 1. The number of amides is 1. The summed E-state index contributed by atoms with van der Waals surface area (Å²) in [5, 5.41) is 11.9. The van der Waals surface area contributed by atoms with Gasteiger partial charge < -0.3 is 10.4 Å². The Hall–Kier alpha value is -1.88. The van der Waals surface area contributed by atoms with Crippen LogP contribution < -0.4 is 5.32 Å². The van der Waals surface area contributed by atoms with E-state index in [-0.39, 0.29) is 11.9 Å². The van der Waals surface area contributed by atoms with Crippen LogP contribution in [0.5, 0.6) is 0 Å². The largest absolute Gasteiger partial charge is 0.479 e. The van der Waals surface area contributed by atoms with Crippen LogP contribution in [0.1, 0.15) is 24.4 Å². The molecule has 1 saturated heterocycles. The molecule has 2 N–H and O–H groups in total. The van der Waals surface area contributed by atoms with Crippen molar-refractivity contribution in [2.45, 2.75) is 24.9 Å². The van der Waals surface area contributed by atoms with Gasteiger partial charge in [0.25, 0.3) is 0 Å². The maximum absolute atomic E-state index is 12.1. The molecule has 19 heavy (non-hydrogen) atoms. The van der Waals surface area contributed by atoms with Crippen molar-refractivity contribution in [3.8, 4) is 0 Å². The van der Waals surface area contributed by atoms with Gasteiger partial charge in [0.15, 0.2) is 6.04 Å². The van der Waals surface area contributed by atoms with Crippen molar-refractivity contribution in [3.63, 3.8) is 0 Å². The Morgan fingerprint density at radius 1 is 1.37 bits per heavy atom. The standard InChI is InChI=1S/C14H18N2O3/c1-16-9-5-8-11(16)13(17)15-12(14(18)19)10-6-3-2-4-7-10/h2-4,6-7,11-12H,5,8-9H2,1H3,(H,15,17)(H,18,19). The van der Waals surface area contributed by atoms with Crippen LogP contribution in [0.25, 0.3) is 0 Å². The predicted octanol–water partition coefficient (Wildman–Crippen LogP) is 1.02. The van der Waals surface area contributed by atoms with Crippen molar-refractivity contribution >= 4 is 11.9 Å². The summed E-state index contributed by atoms with van der Waals surface area (Å²) in [6, 6.07) is 7.55. The third kappa shape index (κ3) is 3.12. The van der Waals surface area contributed by atoms with E-state index in [0.717, 1.165) is 19.4 Å². The molecule has 0 radical (unpaired) electrons. The minimum absolute atomic E-state index is 0.212. The van der Waals surface area contributed by atoms with Crippen molar-refractivity contribution < 1.29 is 14.7 Å². The number of rotatable bonds is 4. The second-order valence-electron chi connectivity index (χ2n) is 4.83. The first-order valence-electron chi connectivity index (χ1n) is 6.38. The lowest BCUT2D eigenvalue weighted by Gasteiger charge is -2.22. The normalized spacial score (nSPS) is 21.0. The molecule has 0 bridgehead atoms. The third-order valence-corrected chi connectivity index (χ3v) is 3.49. The van der Waals surface area contributed by atoms with Crippen LogP contribution in [0, 0.1) is 0 Å². The fourth-order valence-electron chi connectivity index (χ4n) is 2.41. The zero-order valence-corrected chi connectivity index (χ0v) is 10.9. The van der Waals surface area contributed by atoms with Gasteiger partial charge in [0.05, 0.1) is 6.04 Å². The molecule has 1 aliphatic rings. The molecular formula is C14H18N2O3. The average molecular weight is 262 g/mol. The highest BCUT2D eigenvalue weighted by atomic mass is 16.4. The second-order valence-corrected chi connectivity index (χ2v) is 4.83. The van der Waals surface area contributed by atoms with Crippen LogP contribution in [0.15, 0.2) is 30.3 Å². The summed E-state index contributed by atoms with van der Waals surface area (Å²) in [6.45, 7) is 0.876. The van der Waals surface area contributed by atoms with Gasteiger partial charge >= 0.3 is 5.97 Å². The lowest BCUT2D eigenvalue weighted by molar-refractivity contribution is -0.142. The summed E-state index contributed by atoms with van der Waals surface area (Å²) in [6.07, 6.45) is 1.75. The van der Waals surface area contributed by atoms with E-state index in [2.05, 4.69) is 5.32 Å². The van der Waals surface area contributed by atoms with E-state index >= 15 is 0 Å². The van der Waals surface area contributed by atoms with Gasteiger partial charge in [-0.1, -0.05) is 30.3 Å². The van der Waals surface area contributed by atoms with Gasteiger partial charge in [-0.25, -0.2) is 4.79 Å². The van der Waals surface area contributed by atoms with Crippen molar-refractivity contribution in [3.05, 3.63) is 35.9 Å². The van der Waals surface area contributed by atoms with Crippen LogP contribution in [-0.2, 0) is 9.59 Å². The van der Waals surface area contributed by atoms with Gasteiger partial charge in [0, 0.05) is 0 Å². The van der Waals surface area contributed by atoms with Crippen LogP contribution in [0.3, 0.4) is 0 Å². The SMILES string of the molecule is CN1CCCC1C(=O)NC(C(=O)O)c1ccccc1. The predicted molar refractivity (Wildman–Crippen MR) is 70.6 cm³/mol. The molecule has 0 saturated carbocycles. The Morgan fingerprint density at radius 2 is 2.05 bits per heavy atom. The molecule has 2 unspecified atom stereocenters. The number of hydrogen-bond acceptors (Lipinski definition) is 3. The van der Waals surface area contributed by atoms with Crippen molar-refractivity contribution in [2.75, 3.05) is 13.6 Å². The number of aliphatic carboxylic acids is 1. The molecule has 1 aliphatic heterocycles. The molecule has 0 spiro atoms. The first-order valence-corrected chi connectivity index (χ1v) is 6.38. The lowest BCUT2D eigenvalue weighted by atomic mass is 10.1. The number of nitrogens with one attached hydrogen (secondary N) is 1. The van der Waals surface area contributed by atoms with Crippen molar-refractivity contribution in [2.24, 2.45) is 0 Å². The fraction of sp³-hybridized carbons (Fsp3) is 0.429. The topological polar surface area (TPSA) is 69.6 Å². The maximum Gasteiger partial charge on any atom is 0.330 e. The number of benzene rings is 1. The van der Waals surface area contributed by atoms with Crippen molar-refractivity contribution in [1.29, 1.82) is 0 Å². The Kier molecular flexibility index (Phi) is 4.16. The lowest BCUT2D eigenvalue weighted by Crippen LogP contribution is -2.44.